The summed E-state index contributed by atoms with van der Waals surface area (Å²) in [6.07, 6.45) is 5.56. The first-order chi connectivity index (χ1) is 9.74. The quantitative estimate of drug-likeness (QED) is 0.800. The van der Waals surface area contributed by atoms with Crippen molar-refractivity contribution in [1.82, 2.24) is 10.3 Å². The molecule has 0 bridgehead atoms. The molecule has 0 unspecified atom stereocenters. The number of anilines is 1. The molecule has 0 spiro atoms. The lowest BCUT2D eigenvalue weighted by Crippen LogP contribution is -2.23. The second-order valence-corrected chi connectivity index (χ2v) is 6.67. The number of hydrogen-bond acceptors (Lipinski definition) is 5. The van der Waals surface area contributed by atoms with Crippen molar-refractivity contribution in [2.75, 3.05) is 32.1 Å². The molecule has 0 atom stereocenters. The number of nitrogens with one attached hydrogen (secondary N) is 1. The lowest BCUT2D eigenvalue weighted by molar-refractivity contribution is 0.181. The van der Waals surface area contributed by atoms with Gasteiger partial charge in [0.15, 0.2) is 5.13 Å². The Morgan fingerprint density at radius 1 is 1.40 bits per heavy atom. The first-order valence-corrected chi connectivity index (χ1v) is 8.45. The Bertz CT molecular complexity index is 402. The summed E-state index contributed by atoms with van der Waals surface area (Å²) in [5, 5.41) is 4.52. The van der Waals surface area contributed by atoms with Gasteiger partial charge in [0.1, 0.15) is 0 Å². The first kappa shape index (κ1) is 15.7. The molecule has 1 N–H and O–H groups in total. The van der Waals surface area contributed by atoms with E-state index in [2.05, 4.69) is 24.2 Å². The van der Waals surface area contributed by atoms with Crippen LogP contribution in [-0.4, -0.2) is 32.2 Å². The topological polar surface area (TPSA) is 37.4 Å². The highest BCUT2D eigenvalue weighted by molar-refractivity contribution is 7.15. The molecule has 114 valence electrons. The van der Waals surface area contributed by atoms with Crippen LogP contribution in [0.2, 0.25) is 0 Å². The number of rotatable bonds is 8. The molecule has 5 heteroatoms. The minimum absolute atomic E-state index is 0.606. The van der Waals surface area contributed by atoms with E-state index in [0.717, 1.165) is 36.4 Å². The van der Waals surface area contributed by atoms with E-state index in [0.29, 0.717) is 6.61 Å². The summed E-state index contributed by atoms with van der Waals surface area (Å²) in [4.78, 5) is 8.41. The Morgan fingerprint density at radius 3 is 2.80 bits per heavy atom. The van der Waals surface area contributed by atoms with Crippen molar-refractivity contribution >= 4 is 16.5 Å². The van der Waals surface area contributed by atoms with E-state index in [-0.39, 0.29) is 0 Å². The average Bonchev–Trinajstić information content (AvgIpc) is 3.07. The Hall–Kier alpha value is -0.650. The van der Waals surface area contributed by atoms with Gasteiger partial charge in [0.2, 0.25) is 0 Å². The van der Waals surface area contributed by atoms with Gasteiger partial charge in [0.05, 0.1) is 12.3 Å². The maximum Gasteiger partial charge on any atom is 0.185 e. The summed E-state index contributed by atoms with van der Waals surface area (Å²) in [7, 11) is 3.91. The van der Waals surface area contributed by atoms with Crippen molar-refractivity contribution < 1.29 is 4.74 Å². The summed E-state index contributed by atoms with van der Waals surface area (Å²) in [6.45, 7) is 5.75. The minimum Gasteiger partial charge on any atom is -0.378 e. The highest BCUT2D eigenvalue weighted by Gasteiger charge is 2.19. The molecule has 1 heterocycles. The van der Waals surface area contributed by atoms with Crippen LogP contribution in [0.1, 0.15) is 43.2 Å². The van der Waals surface area contributed by atoms with E-state index < -0.39 is 0 Å². The fraction of sp³-hybridized carbons (Fsp3) is 0.800. The van der Waals surface area contributed by atoms with Crippen LogP contribution in [0.25, 0.3) is 0 Å². The molecular formula is C15H27N3OS. The number of aromatic nitrogens is 1. The van der Waals surface area contributed by atoms with Crippen LogP contribution in [0.3, 0.4) is 0 Å². The molecule has 20 heavy (non-hydrogen) atoms. The zero-order chi connectivity index (χ0) is 14.4. The molecule has 1 aliphatic rings. The van der Waals surface area contributed by atoms with Gasteiger partial charge < -0.3 is 15.0 Å². The number of nitrogens with zero attached hydrogens (tertiary/aromatic N) is 2. The van der Waals surface area contributed by atoms with Crippen LogP contribution in [0.15, 0.2) is 0 Å². The van der Waals surface area contributed by atoms with Crippen LogP contribution in [-0.2, 0) is 17.9 Å². The van der Waals surface area contributed by atoms with Crippen LogP contribution >= 0.6 is 11.3 Å². The smallest absolute Gasteiger partial charge is 0.185 e. The molecule has 0 amide bonds. The summed E-state index contributed by atoms with van der Waals surface area (Å²) in [5.41, 5.74) is 1.09. The van der Waals surface area contributed by atoms with Crippen molar-refractivity contribution in [2.24, 2.45) is 5.92 Å². The minimum atomic E-state index is 0.606. The maximum absolute atomic E-state index is 5.27. The molecule has 4 nitrogen and oxygen atoms in total. The van der Waals surface area contributed by atoms with E-state index in [1.54, 1.807) is 18.4 Å². The molecule has 1 saturated carbocycles. The van der Waals surface area contributed by atoms with Crippen LogP contribution in [0.4, 0.5) is 5.13 Å². The van der Waals surface area contributed by atoms with Crippen molar-refractivity contribution in [3.63, 3.8) is 0 Å². The third-order valence-electron chi connectivity index (χ3n) is 3.92. The Labute approximate surface area is 126 Å². The van der Waals surface area contributed by atoms with Gasteiger partial charge in [0, 0.05) is 32.1 Å². The zero-order valence-electron chi connectivity index (χ0n) is 12.9. The van der Waals surface area contributed by atoms with E-state index in [4.69, 9.17) is 9.72 Å². The van der Waals surface area contributed by atoms with E-state index in [1.807, 2.05) is 0 Å². The lowest BCUT2D eigenvalue weighted by Gasteiger charge is -2.19. The monoisotopic (exact) mass is 297 g/mol. The molecule has 0 aliphatic heterocycles. The predicted molar refractivity (Wildman–Crippen MR) is 85.4 cm³/mol. The van der Waals surface area contributed by atoms with Crippen LogP contribution in [0.5, 0.6) is 0 Å². The van der Waals surface area contributed by atoms with E-state index in [1.165, 1.54) is 30.6 Å². The van der Waals surface area contributed by atoms with Gasteiger partial charge in [-0.15, -0.1) is 11.3 Å². The standard InChI is InChI=1S/C15H27N3OS/c1-4-16-9-14-13(11-19-3)17-15(20-14)18(2)10-12-7-5-6-8-12/h12,16H,4-11H2,1-3H3. The largest absolute Gasteiger partial charge is 0.378 e. The molecule has 0 saturated heterocycles. The van der Waals surface area contributed by atoms with Gasteiger partial charge in [-0.3, -0.25) is 0 Å². The second-order valence-electron chi connectivity index (χ2n) is 5.61. The third kappa shape index (κ3) is 4.17. The van der Waals surface area contributed by atoms with Crippen molar-refractivity contribution in [3.05, 3.63) is 10.6 Å². The highest BCUT2D eigenvalue weighted by atomic mass is 32.1. The van der Waals surface area contributed by atoms with Crippen molar-refractivity contribution in [3.8, 4) is 0 Å². The molecule has 1 aromatic heterocycles. The number of methoxy groups -OCH3 is 1. The normalized spacial score (nSPS) is 15.9. The SMILES string of the molecule is CCNCc1sc(N(C)CC2CCCC2)nc1COC. The van der Waals surface area contributed by atoms with Gasteiger partial charge in [-0.25, -0.2) is 4.98 Å². The Balaban J connectivity index is 2.01. The van der Waals surface area contributed by atoms with Crippen molar-refractivity contribution in [2.45, 2.75) is 45.8 Å². The summed E-state index contributed by atoms with van der Waals surface area (Å²) in [5.74, 6) is 0.854. The molecule has 0 radical (unpaired) electrons. The molecule has 1 aromatic rings. The summed E-state index contributed by atoms with van der Waals surface area (Å²) < 4.78 is 5.27. The maximum atomic E-state index is 5.27. The number of hydrogen-bond donors (Lipinski definition) is 1. The summed E-state index contributed by atoms with van der Waals surface area (Å²) >= 11 is 1.80. The molecule has 1 aliphatic carbocycles. The lowest BCUT2D eigenvalue weighted by atomic mass is 10.1. The van der Waals surface area contributed by atoms with Gasteiger partial charge in [-0.05, 0) is 25.3 Å². The van der Waals surface area contributed by atoms with Gasteiger partial charge in [0.25, 0.3) is 0 Å². The predicted octanol–water partition coefficient (Wildman–Crippen LogP) is 3.03. The number of thiazole rings is 1. The Morgan fingerprint density at radius 2 is 2.15 bits per heavy atom. The highest BCUT2D eigenvalue weighted by Crippen LogP contribution is 2.30. The summed E-state index contributed by atoms with van der Waals surface area (Å²) in [6, 6.07) is 0. The van der Waals surface area contributed by atoms with E-state index in [9.17, 15) is 0 Å². The van der Waals surface area contributed by atoms with Gasteiger partial charge in [-0.1, -0.05) is 19.8 Å². The Kier molecular flexibility index (Phi) is 6.26. The average molecular weight is 297 g/mol. The van der Waals surface area contributed by atoms with Crippen LogP contribution in [0, 0.1) is 5.92 Å². The van der Waals surface area contributed by atoms with Crippen molar-refractivity contribution in [1.29, 1.82) is 0 Å². The van der Waals surface area contributed by atoms with Gasteiger partial charge >= 0.3 is 0 Å². The van der Waals surface area contributed by atoms with Gasteiger partial charge in [-0.2, -0.15) is 0 Å². The number of ether oxygens (including phenoxy) is 1. The second kappa shape index (κ2) is 7.96. The fourth-order valence-electron chi connectivity index (χ4n) is 2.82. The zero-order valence-corrected chi connectivity index (χ0v) is 13.8. The first-order valence-electron chi connectivity index (χ1n) is 7.64. The van der Waals surface area contributed by atoms with Crippen LogP contribution < -0.4 is 10.2 Å². The third-order valence-corrected chi connectivity index (χ3v) is 5.13. The molecular weight excluding hydrogens is 270 g/mol. The van der Waals surface area contributed by atoms with E-state index >= 15 is 0 Å². The molecule has 1 fully saturated rings. The molecule has 0 aromatic carbocycles. The fourth-order valence-corrected chi connectivity index (χ4v) is 3.82. The molecule has 2 rings (SSSR count).